The molecule has 0 bridgehead atoms. The lowest BCUT2D eigenvalue weighted by Crippen LogP contribution is -2.17. The van der Waals surface area contributed by atoms with Gasteiger partial charge >= 0.3 is 11.9 Å². The lowest BCUT2D eigenvalue weighted by molar-refractivity contribution is -0.148. The lowest BCUT2D eigenvalue weighted by atomic mass is 10.1. The summed E-state index contributed by atoms with van der Waals surface area (Å²) in [5.41, 5.74) is 0.966. The van der Waals surface area contributed by atoms with E-state index in [-0.39, 0.29) is 44.8 Å². The molecule has 3 aromatic carbocycles. The fraction of sp³-hybridized carbons (Fsp3) is 0.167. The number of ether oxygens (including phenoxy) is 4. The Kier molecular flexibility index (Phi) is 10.7. The fourth-order valence-corrected chi connectivity index (χ4v) is 4.05. The Balaban J connectivity index is 1.54. The molecule has 36 heavy (non-hydrogen) atoms. The normalized spacial score (nSPS) is 10.6. The quantitative estimate of drug-likeness (QED) is 0.217. The molecule has 3 aromatic rings. The van der Waals surface area contributed by atoms with Crippen molar-refractivity contribution in [1.29, 1.82) is 0 Å². The van der Waals surface area contributed by atoms with E-state index >= 15 is 0 Å². The highest BCUT2D eigenvalue weighted by molar-refractivity contribution is 6.42. The Morgan fingerprint density at radius 1 is 0.556 bits per heavy atom. The summed E-state index contributed by atoms with van der Waals surface area (Å²) in [6, 6.07) is 12.2. The van der Waals surface area contributed by atoms with Gasteiger partial charge in [-0.1, -0.05) is 69.6 Å². The van der Waals surface area contributed by atoms with Crippen LogP contribution in [0.5, 0.6) is 11.5 Å². The van der Waals surface area contributed by atoms with Gasteiger partial charge in [-0.2, -0.15) is 0 Å². The Bertz CT molecular complexity index is 1170. The molecule has 0 saturated heterocycles. The van der Waals surface area contributed by atoms with Crippen LogP contribution < -0.4 is 9.47 Å². The molecule has 0 aliphatic rings. The van der Waals surface area contributed by atoms with E-state index in [2.05, 4.69) is 0 Å². The van der Waals surface area contributed by atoms with Crippen molar-refractivity contribution in [3.63, 3.8) is 0 Å². The first-order valence-electron chi connectivity index (χ1n) is 10.1. The maximum Gasteiger partial charge on any atom is 0.344 e. The predicted molar refractivity (Wildman–Crippen MR) is 140 cm³/mol. The van der Waals surface area contributed by atoms with Gasteiger partial charge in [-0.05, 0) is 59.7 Å². The molecule has 0 spiro atoms. The number of carbonyl (C=O) groups is 2. The first kappa shape index (κ1) is 28.5. The van der Waals surface area contributed by atoms with E-state index in [0.29, 0.717) is 21.2 Å². The summed E-state index contributed by atoms with van der Waals surface area (Å²) < 4.78 is 21.2. The molecule has 0 N–H and O–H groups in total. The molecule has 0 saturated carbocycles. The summed E-state index contributed by atoms with van der Waals surface area (Å²) in [6.07, 6.45) is 0. The Morgan fingerprint density at radius 2 is 0.944 bits per heavy atom. The van der Waals surface area contributed by atoms with Gasteiger partial charge in [0.05, 0.1) is 20.1 Å². The van der Waals surface area contributed by atoms with Crippen molar-refractivity contribution in [2.45, 2.75) is 13.2 Å². The predicted octanol–water partition coefficient (Wildman–Crippen LogP) is 7.85. The summed E-state index contributed by atoms with van der Waals surface area (Å²) in [7, 11) is 0. The minimum atomic E-state index is -0.664. The molecule has 0 radical (unpaired) electrons. The van der Waals surface area contributed by atoms with Crippen LogP contribution in [0.1, 0.15) is 11.1 Å². The minimum absolute atomic E-state index is 0.169. The molecular formula is C24H16Cl6O6. The monoisotopic (exact) mass is 610 g/mol. The summed E-state index contributed by atoms with van der Waals surface area (Å²) in [6.45, 7) is -1.12. The van der Waals surface area contributed by atoms with Crippen LogP contribution in [0.15, 0.2) is 48.5 Å². The van der Waals surface area contributed by atoms with Gasteiger partial charge in [0.1, 0.15) is 24.7 Å². The number of esters is 2. The van der Waals surface area contributed by atoms with Crippen LogP contribution in [0.25, 0.3) is 0 Å². The molecule has 0 atom stereocenters. The van der Waals surface area contributed by atoms with Gasteiger partial charge in [-0.3, -0.25) is 0 Å². The molecule has 0 amide bonds. The molecule has 0 aliphatic carbocycles. The number of halogens is 6. The zero-order valence-electron chi connectivity index (χ0n) is 18.2. The second kappa shape index (κ2) is 13.5. The lowest BCUT2D eigenvalue weighted by Gasteiger charge is -2.14. The molecular weight excluding hydrogens is 597 g/mol. The van der Waals surface area contributed by atoms with Gasteiger partial charge in [0, 0.05) is 10.0 Å². The maximum atomic E-state index is 12.2. The molecule has 0 aromatic heterocycles. The van der Waals surface area contributed by atoms with Crippen LogP contribution in [-0.2, 0) is 32.3 Å². The van der Waals surface area contributed by atoms with Crippen molar-refractivity contribution in [3.8, 4) is 11.5 Å². The van der Waals surface area contributed by atoms with E-state index in [1.165, 1.54) is 36.4 Å². The number of benzene rings is 3. The van der Waals surface area contributed by atoms with Gasteiger partial charge in [0.2, 0.25) is 0 Å². The number of carbonyl (C=O) groups excluding carboxylic acids is 2. The van der Waals surface area contributed by atoms with Crippen molar-refractivity contribution < 1.29 is 28.5 Å². The molecule has 0 unspecified atom stereocenters. The topological polar surface area (TPSA) is 71.1 Å². The van der Waals surface area contributed by atoms with E-state index in [1.54, 1.807) is 12.1 Å². The first-order valence-corrected chi connectivity index (χ1v) is 12.3. The number of hydrogen-bond donors (Lipinski definition) is 0. The van der Waals surface area contributed by atoms with Gasteiger partial charge < -0.3 is 18.9 Å². The summed E-state index contributed by atoms with van der Waals surface area (Å²) >= 11 is 35.9. The average molecular weight is 613 g/mol. The Labute approximate surface area is 236 Å². The molecule has 190 valence electrons. The molecule has 0 heterocycles. The highest BCUT2D eigenvalue weighted by Crippen LogP contribution is 2.29. The van der Waals surface area contributed by atoms with Crippen LogP contribution >= 0.6 is 69.6 Å². The van der Waals surface area contributed by atoms with Gasteiger partial charge in [0.15, 0.2) is 13.2 Å². The van der Waals surface area contributed by atoms with Crippen LogP contribution in [0.4, 0.5) is 0 Å². The van der Waals surface area contributed by atoms with Crippen molar-refractivity contribution in [2.24, 2.45) is 0 Å². The molecule has 3 rings (SSSR count). The average Bonchev–Trinajstić information content (AvgIpc) is 2.82. The summed E-state index contributed by atoms with van der Waals surface area (Å²) in [5, 5.41) is 1.86. The second-order valence-corrected chi connectivity index (χ2v) is 9.58. The summed E-state index contributed by atoms with van der Waals surface area (Å²) in [4.78, 5) is 24.3. The third kappa shape index (κ3) is 8.51. The Morgan fingerprint density at radius 3 is 1.31 bits per heavy atom. The SMILES string of the molecule is O=C(COc1ccc(Cl)cc1Cl)OCc1cc(Cl)c(Cl)cc1COC(=O)COc1ccc(Cl)cc1Cl. The minimum Gasteiger partial charge on any atom is -0.480 e. The number of rotatable bonds is 10. The fourth-order valence-electron chi connectivity index (χ4n) is 2.76. The number of hydrogen-bond acceptors (Lipinski definition) is 6. The second-order valence-electron chi connectivity index (χ2n) is 7.08. The highest BCUT2D eigenvalue weighted by atomic mass is 35.5. The van der Waals surface area contributed by atoms with Crippen molar-refractivity contribution >= 4 is 81.5 Å². The first-order chi connectivity index (χ1) is 17.1. The van der Waals surface area contributed by atoms with Crippen LogP contribution in [-0.4, -0.2) is 25.2 Å². The van der Waals surface area contributed by atoms with E-state index in [4.69, 9.17) is 88.6 Å². The maximum absolute atomic E-state index is 12.2. The third-order valence-corrected chi connectivity index (χ3v) is 6.28. The van der Waals surface area contributed by atoms with Crippen LogP contribution in [0.3, 0.4) is 0 Å². The standard InChI is InChI=1S/C24H16Cl6O6/c25-15-1-3-21(19(29)7-15)33-11-23(31)35-9-13-5-17(27)18(28)6-14(13)10-36-24(32)12-34-22-4-2-16(26)8-20(22)30/h1-8H,9-12H2. The zero-order valence-corrected chi connectivity index (χ0v) is 22.7. The zero-order chi connectivity index (χ0) is 26.2. The van der Waals surface area contributed by atoms with Gasteiger partial charge in [-0.15, -0.1) is 0 Å². The van der Waals surface area contributed by atoms with Crippen molar-refractivity contribution in [3.05, 3.63) is 89.8 Å². The third-order valence-electron chi connectivity index (χ3n) is 4.50. The molecule has 0 aliphatic heterocycles. The van der Waals surface area contributed by atoms with E-state index in [9.17, 15) is 9.59 Å². The molecule has 0 fully saturated rings. The van der Waals surface area contributed by atoms with Gasteiger partial charge in [0.25, 0.3) is 0 Å². The Hall–Kier alpha value is -2.06. The summed E-state index contributed by atoms with van der Waals surface area (Å²) in [5.74, 6) is -0.768. The van der Waals surface area contributed by atoms with E-state index in [0.717, 1.165) is 0 Å². The largest absolute Gasteiger partial charge is 0.480 e. The highest BCUT2D eigenvalue weighted by Gasteiger charge is 2.14. The van der Waals surface area contributed by atoms with E-state index in [1.807, 2.05) is 0 Å². The molecule has 12 heteroatoms. The van der Waals surface area contributed by atoms with Crippen molar-refractivity contribution in [1.82, 2.24) is 0 Å². The smallest absolute Gasteiger partial charge is 0.344 e. The van der Waals surface area contributed by atoms with Gasteiger partial charge in [-0.25, -0.2) is 9.59 Å². The van der Waals surface area contributed by atoms with Crippen LogP contribution in [0, 0.1) is 0 Å². The van der Waals surface area contributed by atoms with E-state index < -0.39 is 25.2 Å². The van der Waals surface area contributed by atoms with Crippen LogP contribution in [0.2, 0.25) is 30.1 Å². The van der Waals surface area contributed by atoms with Crippen molar-refractivity contribution in [2.75, 3.05) is 13.2 Å². The molecule has 6 nitrogen and oxygen atoms in total.